The summed E-state index contributed by atoms with van der Waals surface area (Å²) in [6.07, 6.45) is -0.227. The first-order chi connectivity index (χ1) is 7.78. The maximum Gasteiger partial charge on any atom is 1.00 e. The third-order valence-corrected chi connectivity index (χ3v) is 3.30. The summed E-state index contributed by atoms with van der Waals surface area (Å²) < 4.78 is 35.2. The van der Waals surface area contributed by atoms with Crippen molar-refractivity contribution in [2.75, 3.05) is 5.75 Å². The van der Waals surface area contributed by atoms with Crippen LogP contribution >= 0.6 is 23.2 Å². The van der Waals surface area contributed by atoms with Gasteiger partial charge in [0.05, 0.1) is 16.9 Å². The second-order valence-electron chi connectivity index (χ2n) is 3.58. The van der Waals surface area contributed by atoms with Crippen molar-refractivity contribution in [1.29, 1.82) is 0 Å². The number of benzene rings is 1. The number of hydrogen-bond donors (Lipinski definition) is 1. The average molecular weight is 323 g/mol. The first kappa shape index (κ1) is 18.5. The Balaban J connectivity index is 0. The van der Waals surface area contributed by atoms with Gasteiger partial charge in [0, 0.05) is 17.5 Å². The van der Waals surface area contributed by atoms with E-state index in [4.69, 9.17) is 32.5 Å². The van der Waals surface area contributed by atoms with Crippen LogP contribution in [0.3, 0.4) is 0 Å². The zero-order chi connectivity index (χ0) is 13.1. The molecule has 0 aliphatic heterocycles. The van der Waals surface area contributed by atoms with E-state index >= 15 is 0 Å². The van der Waals surface area contributed by atoms with Crippen LogP contribution < -0.4 is 34.3 Å². The second-order valence-corrected chi connectivity index (χ2v) is 5.99. The van der Waals surface area contributed by atoms with Gasteiger partial charge >= 0.3 is 29.6 Å². The van der Waals surface area contributed by atoms with Crippen LogP contribution in [0.15, 0.2) is 18.2 Å². The van der Waals surface area contributed by atoms with Gasteiger partial charge in [-0.3, -0.25) is 4.55 Å². The summed E-state index contributed by atoms with van der Waals surface area (Å²) in [5, 5.41) is 0.875. The maximum absolute atomic E-state index is 10.6. The van der Waals surface area contributed by atoms with E-state index in [0.717, 1.165) is 0 Å². The smallest absolute Gasteiger partial charge is 1.00 e. The summed E-state index contributed by atoms with van der Waals surface area (Å²) in [6.45, 7) is 1.68. The molecule has 0 saturated carbocycles. The molecule has 0 aliphatic rings. The largest absolute Gasteiger partial charge is 1.00 e. The van der Waals surface area contributed by atoms with Gasteiger partial charge in [0.2, 0.25) is 0 Å². The van der Waals surface area contributed by atoms with Crippen LogP contribution in [-0.4, -0.2) is 24.8 Å². The van der Waals surface area contributed by atoms with Crippen molar-refractivity contribution < 1.29 is 48.7 Å². The topological polar surface area (TPSA) is 63.6 Å². The normalized spacial score (nSPS) is 12.7. The third-order valence-electron chi connectivity index (χ3n) is 2.00. The van der Waals surface area contributed by atoms with Crippen LogP contribution in [0.2, 0.25) is 10.0 Å². The zero-order valence-corrected chi connectivity index (χ0v) is 14.4. The van der Waals surface area contributed by atoms with Gasteiger partial charge in [0.1, 0.15) is 5.75 Å². The van der Waals surface area contributed by atoms with E-state index < -0.39 is 16.2 Å². The van der Waals surface area contributed by atoms with E-state index in [0.29, 0.717) is 15.8 Å². The Kier molecular flexibility index (Phi) is 8.17. The van der Waals surface area contributed by atoms with Crippen molar-refractivity contribution in [2.24, 2.45) is 0 Å². The molecule has 0 aromatic heterocycles. The Bertz CT molecular complexity index is 498. The molecule has 0 aliphatic carbocycles. The maximum atomic E-state index is 10.6. The molecule has 0 amide bonds. The fraction of sp³-hybridized carbons (Fsp3) is 0.400. The molecule has 1 atom stereocenters. The molecule has 18 heavy (non-hydrogen) atoms. The molecule has 4 nitrogen and oxygen atoms in total. The van der Waals surface area contributed by atoms with E-state index in [9.17, 15) is 8.42 Å². The molecule has 98 valence electrons. The third kappa shape index (κ3) is 7.19. The monoisotopic (exact) mass is 322 g/mol. The molecule has 0 spiro atoms. The molecule has 1 rings (SSSR count). The molecule has 0 radical (unpaired) electrons. The molecular formula is C10H13Cl2NaO4S. The average Bonchev–Trinajstić information content (AvgIpc) is 2.20. The van der Waals surface area contributed by atoms with Gasteiger partial charge in [-0.25, -0.2) is 0 Å². The van der Waals surface area contributed by atoms with Crippen LogP contribution in [0.4, 0.5) is 0 Å². The molecule has 1 aromatic rings. The van der Waals surface area contributed by atoms with Gasteiger partial charge in [-0.2, -0.15) is 8.42 Å². The fourth-order valence-corrected chi connectivity index (χ4v) is 2.11. The molecule has 0 saturated heterocycles. The molecule has 1 N–H and O–H groups in total. The van der Waals surface area contributed by atoms with Gasteiger partial charge in [0.15, 0.2) is 0 Å². The quantitative estimate of drug-likeness (QED) is 0.619. The van der Waals surface area contributed by atoms with Crippen molar-refractivity contribution in [2.45, 2.75) is 19.4 Å². The predicted molar refractivity (Wildman–Crippen MR) is 68.7 cm³/mol. The van der Waals surface area contributed by atoms with Gasteiger partial charge in [0.25, 0.3) is 10.1 Å². The molecule has 1 aromatic carbocycles. The Morgan fingerprint density at radius 2 is 2.06 bits per heavy atom. The molecular weight excluding hydrogens is 310 g/mol. The fourth-order valence-electron chi connectivity index (χ4n) is 1.16. The van der Waals surface area contributed by atoms with Gasteiger partial charge in [-0.1, -0.05) is 23.2 Å². The van der Waals surface area contributed by atoms with Crippen LogP contribution in [0, 0.1) is 0 Å². The first-order valence-corrected chi connectivity index (χ1v) is 7.21. The number of hydrogen-bond acceptors (Lipinski definition) is 3. The summed E-state index contributed by atoms with van der Waals surface area (Å²) in [6, 6.07) is 4.77. The second kappa shape index (κ2) is 7.94. The van der Waals surface area contributed by atoms with Crippen LogP contribution in [0.5, 0.6) is 5.75 Å². The van der Waals surface area contributed by atoms with Crippen molar-refractivity contribution >= 4 is 33.3 Å². The molecule has 0 fully saturated rings. The Labute approximate surface area is 140 Å². The molecule has 0 heterocycles. The summed E-state index contributed by atoms with van der Waals surface area (Å²) >= 11 is 11.7. The summed E-state index contributed by atoms with van der Waals surface area (Å²) in [5.41, 5.74) is 0. The Morgan fingerprint density at radius 3 is 2.61 bits per heavy atom. The van der Waals surface area contributed by atoms with Gasteiger partial charge < -0.3 is 6.16 Å². The Morgan fingerprint density at radius 1 is 1.44 bits per heavy atom. The van der Waals surface area contributed by atoms with Crippen LogP contribution in [-0.2, 0) is 10.1 Å². The first-order valence-electron chi connectivity index (χ1n) is 4.85. The van der Waals surface area contributed by atoms with Crippen molar-refractivity contribution in [1.82, 2.24) is 0 Å². The minimum Gasteiger partial charge on any atom is -1.00 e. The predicted octanol–water partition coefficient (Wildman–Crippen LogP) is 0.155. The number of ether oxygens (including phenoxy) is 1. The minimum absolute atomic E-state index is 0. The standard InChI is InChI=1S/C10H12Cl2O4S.Na.H/c1-7(4-5-17(13,14)15)16-10-6-8(11)2-3-9(10)12;;/h2-3,6-7H,4-5H2,1H3,(H,13,14,15);;/q;+1;-1. The van der Waals surface area contributed by atoms with Gasteiger partial charge in [-0.15, -0.1) is 0 Å². The van der Waals surface area contributed by atoms with E-state index in [2.05, 4.69) is 0 Å². The van der Waals surface area contributed by atoms with E-state index in [1.807, 2.05) is 0 Å². The van der Waals surface area contributed by atoms with Crippen LogP contribution in [0.25, 0.3) is 0 Å². The van der Waals surface area contributed by atoms with E-state index in [1.54, 1.807) is 25.1 Å². The zero-order valence-electron chi connectivity index (χ0n) is 11.1. The van der Waals surface area contributed by atoms with Crippen molar-refractivity contribution in [3.63, 3.8) is 0 Å². The summed E-state index contributed by atoms with van der Waals surface area (Å²) in [4.78, 5) is 0. The summed E-state index contributed by atoms with van der Waals surface area (Å²) in [7, 11) is -3.97. The Hall–Kier alpha value is 0.510. The molecule has 1 unspecified atom stereocenters. The van der Waals surface area contributed by atoms with Crippen molar-refractivity contribution in [3.8, 4) is 5.75 Å². The number of rotatable bonds is 5. The number of halogens is 2. The SMILES string of the molecule is CC(CCS(=O)(=O)O)Oc1cc(Cl)ccc1Cl.[H-].[Na+]. The van der Waals surface area contributed by atoms with Crippen LogP contribution in [0.1, 0.15) is 14.8 Å². The van der Waals surface area contributed by atoms with Crippen molar-refractivity contribution in [3.05, 3.63) is 28.2 Å². The van der Waals surface area contributed by atoms with E-state index in [1.165, 1.54) is 0 Å². The van der Waals surface area contributed by atoms with E-state index in [-0.39, 0.29) is 43.2 Å². The molecule has 8 heteroatoms. The van der Waals surface area contributed by atoms with Gasteiger partial charge in [-0.05, 0) is 19.1 Å². The summed E-state index contributed by atoms with van der Waals surface area (Å²) in [5.74, 6) is 0.0359. The molecule has 0 bridgehead atoms. The minimum atomic E-state index is -3.97.